The van der Waals surface area contributed by atoms with E-state index in [4.69, 9.17) is 13.6 Å². The maximum atomic E-state index is 6.03. The van der Waals surface area contributed by atoms with Gasteiger partial charge in [0.15, 0.2) is 0 Å². The van der Waals surface area contributed by atoms with Gasteiger partial charge in [0.2, 0.25) is 0 Å². The first-order chi connectivity index (χ1) is 7.09. The fourth-order valence-corrected chi connectivity index (χ4v) is 1.54. The van der Waals surface area contributed by atoms with Crippen LogP contribution in [0.2, 0.25) is 0 Å². The van der Waals surface area contributed by atoms with E-state index in [0.29, 0.717) is 0 Å². The van der Waals surface area contributed by atoms with Gasteiger partial charge in [0, 0.05) is 6.04 Å². The lowest BCUT2D eigenvalue weighted by Crippen LogP contribution is -2.26. The highest BCUT2D eigenvalue weighted by Crippen LogP contribution is 2.07. The molecule has 78 valence electrons. The number of allylic oxidation sites excluding steroid dienone is 1. The van der Waals surface area contributed by atoms with E-state index < -0.39 is 0 Å². The zero-order valence-corrected chi connectivity index (χ0v) is 9.37. The Hall–Kier alpha value is -1.02. The van der Waals surface area contributed by atoms with Gasteiger partial charge in [-0.25, -0.2) is 0 Å². The standard InChI is InChI=1S/C13H18BN/c1-10(2)7-8-12(15)9-11-5-3-4-6-13(11)14/h3-6,12H,1,7-9,15H2,2H3. The van der Waals surface area contributed by atoms with Crippen molar-refractivity contribution in [2.45, 2.75) is 32.2 Å². The molecule has 0 aliphatic carbocycles. The van der Waals surface area contributed by atoms with Gasteiger partial charge in [0.1, 0.15) is 7.85 Å². The van der Waals surface area contributed by atoms with E-state index in [0.717, 1.165) is 30.3 Å². The molecule has 1 rings (SSSR count). The predicted molar refractivity (Wildman–Crippen MR) is 67.6 cm³/mol. The van der Waals surface area contributed by atoms with Gasteiger partial charge in [0.05, 0.1) is 0 Å². The summed E-state index contributed by atoms with van der Waals surface area (Å²) in [5.74, 6) is 0. The average Bonchev–Trinajstić information content (AvgIpc) is 2.18. The third-order valence-corrected chi connectivity index (χ3v) is 2.48. The molecule has 2 heteroatoms. The minimum Gasteiger partial charge on any atom is -0.327 e. The van der Waals surface area contributed by atoms with Crippen molar-refractivity contribution in [3.63, 3.8) is 0 Å². The van der Waals surface area contributed by atoms with Crippen molar-refractivity contribution in [1.29, 1.82) is 0 Å². The third kappa shape index (κ3) is 4.35. The van der Waals surface area contributed by atoms with Gasteiger partial charge in [-0.1, -0.05) is 40.9 Å². The number of hydrogen-bond acceptors (Lipinski definition) is 1. The lowest BCUT2D eigenvalue weighted by molar-refractivity contribution is 0.610. The van der Waals surface area contributed by atoms with Crippen LogP contribution in [0, 0.1) is 0 Å². The van der Waals surface area contributed by atoms with Gasteiger partial charge in [-0.15, -0.1) is 6.58 Å². The summed E-state index contributed by atoms with van der Waals surface area (Å²) in [6.07, 6.45) is 2.82. The van der Waals surface area contributed by atoms with Gasteiger partial charge >= 0.3 is 0 Å². The van der Waals surface area contributed by atoms with E-state index in [1.54, 1.807) is 0 Å². The second-order valence-corrected chi connectivity index (χ2v) is 4.16. The molecule has 0 saturated heterocycles. The van der Waals surface area contributed by atoms with Crippen molar-refractivity contribution in [2.24, 2.45) is 5.73 Å². The molecule has 1 atom stereocenters. The Labute approximate surface area is 93.8 Å². The lowest BCUT2D eigenvalue weighted by Gasteiger charge is -2.13. The normalized spacial score (nSPS) is 12.4. The van der Waals surface area contributed by atoms with Crippen LogP contribution in [-0.4, -0.2) is 13.9 Å². The first-order valence-electron chi connectivity index (χ1n) is 5.33. The Morgan fingerprint density at radius 1 is 1.47 bits per heavy atom. The first kappa shape index (κ1) is 12.1. The van der Waals surface area contributed by atoms with Crippen molar-refractivity contribution < 1.29 is 0 Å². The molecule has 0 aliphatic heterocycles. The molecule has 0 saturated carbocycles. The smallest absolute Gasteiger partial charge is 0.114 e. The molecule has 1 unspecified atom stereocenters. The first-order valence-corrected chi connectivity index (χ1v) is 5.33. The van der Waals surface area contributed by atoms with Crippen molar-refractivity contribution >= 4 is 13.3 Å². The molecule has 1 aromatic rings. The summed E-state index contributed by atoms with van der Waals surface area (Å²) in [5, 5.41) is 0. The molecule has 15 heavy (non-hydrogen) atoms. The minimum absolute atomic E-state index is 0.173. The Morgan fingerprint density at radius 3 is 2.73 bits per heavy atom. The summed E-state index contributed by atoms with van der Waals surface area (Å²) < 4.78 is 0. The number of hydrogen-bond donors (Lipinski definition) is 1. The van der Waals surface area contributed by atoms with Gasteiger partial charge in [0.25, 0.3) is 0 Å². The monoisotopic (exact) mass is 199 g/mol. The minimum atomic E-state index is 0.173. The zero-order valence-electron chi connectivity index (χ0n) is 9.37. The molecular formula is C13H18BN. The average molecular weight is 199 g/mol. The van der Waals surface area contributed by atoms with Crippen molar-refractivity contribution in [3.05, 3.63) is 42.0 Å². The van der Waals surface area contributed by atoms with E-state index in [1.165, 1.54) is 5.57 Å². The topological polar surface area (TPSA) is 26.0 Å². The van der Waals surface area contributed by atoms with Gasteiger partial charge in [-0.05, 0) is 26.2 Å². The van der Waals surface area contributed by atoms with Crippen LogP contribution in [0.5, 0.6) is 0 Å². The molecule has 1 aromatic carbocycles. The molecule has 2 radical (unpaired) electrons. The van der Waals surface area contributed by atoms with E-state index in [2.05, 4.69) is 6.58 Å². The molecule has 0 fully saturated rings. The fraction of sp³-hybridized carbons (Fsp3) is 0.385. The summed E-state index contributed by atoms with van der Waals surface area (Å²) in [7, 11) is 5.85. The molecule has 1 nitrogen and oxygen atoms in total. The molecule has 0 heterocycles. The molecular weight excluding hydrogens is 181 g/mol. The van der Waals surface area contributed by atoms with Crippen LogP contribution in [0.25, 0.3) is 0 Å². The van der Waals surface area contributed by atoms with Crippen LogP contribution < -0.4 is 11.2 Å². The summed E-state index contributed by atoms with van der Waals surface area (Å²) >= 11 is 0. The van der Waals surface area contributed by atoms with Gasteiger partial charge in [-0.3, -0.25) is 0 Å². The third-order valence-electron chi connectivity index (χ3n) is 2.48. The van der Waals surface area contributed by atoms with Crippen molar-refractivity contribution in [2.75, 3.05) is 0 Å². The van der Waals surface area contributed by atoms with Gasteiger partial charge in [-0.2, -0.15) is 0 Å². The van der Waals surface area contributed by atoms with E-state index >= 15 is 0 Å². The maximum Gasteiger partial charge on any atom is 0.114 e. The lowest BCUT2D eigenvalue weighted by atomic mass is 9.87. The Balaban J connectivity index is 2.47. The number of nitrogens with two attached hydrogens (primary N) is 1. The van der Waals surface area contributed by atoms with E-state index in [-0.39, 0.29) is 6.04 Å². The Kier molecular flexibility index (Phi) is 4.63. The second-order valence-electron chi connectivity index (χ2n) is 4.16. The van der Waals surface area contributed by atoms with Crippen LogP contribution in [0.15, 0.2) is 36.4 Å². The summed E-state index contributed by atoms with van der Waals surface area (Å²) in [5.41, 5.74) is 9.19. The van der Waals surface area contributed by atoms with Crippen LogP contribution in [0.1, 0.15) is 25.3 Å². The SMILES string of the molecule is [B]c1ccccc1CC(N)CCC(=C)C. The Morgan fingerprint density at radius 2 is 2.13 bits per heavy atom. The van der Waals surface area contributed by atoms with Crippen molar-refractivity contribution in [3.8, 4) is 0 Å². The predicted octanol–water partition coefficient (Wildman–Crippen LogP) is 1.71. The highest BCUT2D eigenvalue weighted by Gasteiger charge is 2.05. The summed E-state index contributed by atoms with van der Waals surface area (Å²) in [6.45, 7) is 5.90. The van der Waals surface area contributed by atoms with Crippen LogP contribution in [0.4, 0.5) is 0 Å². The quantitative estimate of drug-likeness (QED) is 0.566. The molecule has 0 spiro atoms. The highest BCUT2D eigenvalue weighted by molar-refractivity contribution is 6.33. The molecule has 0 aliphatic rings. The second kappa shape index (κ2) is 5.77. The number of rotatable bonds is 5. The van der Waals surface area contributed by atoms with Crippen LogP contribution in [0.3, 0.4) is 0 Å². The van der Waals surface area contributed by atoms with Crippen LogP contribution in [-0.2, 0) is 6.42 Å². The van der Waals surface area contributed by atoms with Crippen LogP contribution >= 0.6 is 0 Å². The van der Waals surface area contributed by atoms with Gasteiger partial charge < -0.3 is 5.73 Å². The zero-order chi connectivity index (χ0) is 11.3. The molecule has 2 N–H and O–H groups in total. The summed E-state index contributed by atoms with van der Waals surface area (Å²) in [6, 6.07) is 8.07. The largest absolute Gasteiger partial charge is 0.327 e. The van der Waals surface area contributed by atoms with Crippen molar-refractivity contribution in [1.82, 2.24) is 0 Å². The Bertz CT molecular complexity index is 333. The van der Waals surface area contributed by atoms with E-state index in [9.17, 15) is 0 Å². The molecule has 0 aromatic heterocycles. The van der Waals surface area contributed by atoms with E-state index in [1.807, 2.05) is 31.2 Å². The maximum absolute atomic E-state index is 6.03. The number of benzene rings is 1. The summed E-state index contributed by atoms with van der Waals surface area (Å²) in [4.78, 5) is 0. The molecule has 0 amide bonds. The highest BCUT2D eigenvalue weighted by atomic mass is 14.6. The molecule has 0 bridgehead atoms. The fourth-order valence-electron chi connectivity index (χ4n) is 1.54.